The third kappa shape index (κ3) is 4.22. The van der Waals surface area contributed by atoms with E-state index < -0.39 is 10.0 Å². The van der Waals surface area contributed by atoms with Crippen molar-refractivity contribution in [1.29, 1.82) is 0 Å². The van der Waals surface area contributed by atoms with Gasteiger partial charge in [0.05, 0.1) is 3.79 Å². The predicted molar refractivity (Wildman–Crippen MR) is 66.7 cm³/mol. The first-order valence-electron chi connectivity index (χ1n) is 4.67. The van der Waals surface area contributed by atoms with Crippen LogP contribution in [0.15, 0.2) is 20.1 Å². The number of nitrogens with one attached hydrogen (secondary N) is 1. The van der Waals surface area contributed by atoms with Gasteiger partial charge >= 0.3 is 0 Å². The van der Waals surface area contributed by atoms with E-state index >= 15 is 0 Å². The fourth-order valence-electron chi connectivity index (χ4n) is 0.995. The van der Waals surface area contributed by atoms with Gasteiger partial charge in [-0.15, -0.1) is 11.3 Å². The Labute approximate surface area is 103 Å². The highest BCUT2D eigenvalue weighted by Gasteiger charge is 2.15. The minimum Gasteiger partial charge on any atom is -0.210 e. The Morgan fingerprint density at radius 3 is 2.60 bits per heavy atom. The monoisotopic (exact) mass is 311 g/mol. The summed E-state index contributed by atoms with van der Waals surface area (Å²) in [4.78, 5) is 0. The largest absolute Gasteiger partial charge is 0.250 e. The van der Waals surface area contributed by atoms with Crippen LogP contribution in [0, 0.1) is 5.92 Å². The molecule has 0 amide bonds. The summed E-state index contributed by atoms with van der Waals surface area (Å²) in [7, 11) is -3.30. The minimum absolute atomic E-state index is 0.359. The Morgan fingerprint density at radius 1 is 1.47 bits per heavy atom. The number of rotatable bonds is 5. The lowest BCUT2D eigenvalue weighted by Gasteiger charge is -2.06. The van der Waals surface area contributed by atoms with Gasteiger partial charge in [-0.05, 0) is 40.4 Å². The van der Waals surface area contributed by atoms with Gasteiger partial charge in [-0.2, -0.15) is 0 Å². The second kappa shape index (κ2) is 5.43. The first-order valence-corrected chi connectivity index (χ1v) is 7.76. The molecule has 0 aliphatic heterocycles. The topological polar surface area (TPSA) is 46.2 Å². The zero-order valence-electron chi connectivity index (χ0n) is 8.66. The molecule has 1 N–H and O–H groups in total. The lowest BCUT2D eigenvalue weighted by molar-refractivity contribution is 0.553. The smallest absolute Gasteiger partial charge is 0.210 e. The fraction of sp³-hybridized carbons (Fsp3) is 0.556. The van der Waals surface area contributed by atoms with Crippen LogP contribution in [0.25, 0.3) is 0 Å². The maximum absolute atomic E-state index is 11.7. The minimum atomic E-state index is -3.30. The average Bonchev–Trinajstić information content (AvgIpc) is 2.51. The van der Waals surface area contributed by atoms with Crippen LogP contribution >= 0.6 is 27.3 Å². The number of hydrogen-bond donors (Lipinski definition) is 1. The molecule has 0 atom stereocenters. The van der Waals surface area contributed by atoms with E-state index in [9.17, 15) is 8.42 Å². The van der Waals surface area contributed by atoms with Crippen molar-refractivity contribution in [2.45, 2.75) is 24.5 Å². The van der Waals surface area contributed by atoms with Crippen molar-refractivity contribution >= 4 is 37.3 Å². The normalized spacial score (nSPS) is 12.3. The number of sulfonamides is 1. The molecule has 1 aromatic rings. The van der Waals surface area contributed by atoms with E-state index in [1.807, 2.05) is 0 Å². The first kappa shape index (κ1) is 13.2. The average molecular weight is 312 g/mol. The highest BCUT2D eigenvalue weighted by molar-refractivity contribution is 9.11. The molecule has 0 spiro atoms. The zero-order valence-corrected chi connectivity index (χ0v) is 11.9. The summed E-state index contributed by atoms with van der Waals surface area (Å²) in [5.41, 5.74) is 0. The van der Waals surface area contributed by atoms with Crippen molar-refractivity contribution in [3.05, 3.63) is 15.9 Å². The van der Waals surface area contributed by atoms with Crippen LogP contribution in [0.5, 0.6) is 0 Å². The van der Waals surface area contributed by atoms with Gasteiger partial charge in [-0.3, -0.25) is 0 Å². The molecule has 0 bridgehead atoms. The standard InChI is InChI=1S/C9H14BrNO2S2/c1-7(2)5-6-11-15(12,13)9-4-3-8(10)14-9/h3-4,7,11H,5-6H2,1-2H3. The van der Waals surface area contributed by atoms with Crippen molar-refractivity contribution in [1.82, 2.24) is 4.72 Å². The molecule has 86 valence electrons. The summed E-state index contributed by atoms with van der Waals surface area (Å²) in [5, 5.41) is 0. The van der Waals surface area contributed by atoms with Crippen LogP contribution in [0.2, 0.25) is 0 Å². The Bertz CT molecular complexity index is 412. The Morgan fingerprint density at radius 2 is 2.13 bits per heavy atom. The molecule has 1 rings (SSSR count). The molecule has 0 saturated heterocycles. The zero-order chi connectivity index (χ0) is 11.5. The summed E-state index contributed by atoms with van der Waals surface area (Å²) < 4.78 is 27.2. The van der Waals surface area contributed by atoms with E-state index in [-0.39, 0.29) is 0 Å². The molecule has 0 fully saturated rings. The van der Waals surface area contributed by atoms with Crippen molar-refractivity contribution in [3.63, 3.8) is 0 Å². The summed E-state index contributed by atoms with van der Waals surface area (Å²) in [6, 6.07) is 3.34. The molecule has 6 heteroatoms. The van der Waals surface area contributed by atoms with Crippen molar-refractivity contribution in [2.24, 2.45) is 5.92 Å². The van der Waals surface area contributed by atoms with Gasteiger partial charge in [0, 0.05) is 6.54 Å². The second-order valence-electron chi connectivity index (χ2n) is 3.64. The number of thiophene rings is 1. The van der Waals surface area contributed by atoms with E-state index in [1.54, 1.807) is 12.1 Å². The van der Waals surface area contributed by atoms with Crippen molar-refractivity contribution < 1.29 is 8.42 Å². The summed E-state index contributed by atoms with van der Waals surface area (Å²) in [5.74, 6) is 0.503. The molecule has 0 saturated carbocycles. The van der Waals surface area contributed by atoms with Crippen molar-refractivity contribution in [3.8, 4) is 0 Å². The van der Waals surface area contributed by atoms with Crippen LogP contribution in [-0.2, 0) is 10.0 Å². The lowest BCUT2D eigenvalue weighted by Crippen LogP contribution is -2.24. The summed E-state index contributed by atoms with van der Waals surface area (Å²) >= 11 is 4.46. The van der Waals surface area contributed by atoms with Gasteiger partial charge in [0.25, 0.3) is 0 Å². The van der Waals surface area contributed by atoms with E-state index in [4.69, 9.17) is 0 Å². The molecule has 0 unspecified atom stereocenters. The molecular formula is C9H14BrNO2S2. The maximum atomic E-state index is 11.7. The van der Waals surface area contributed by atoms with Crippen LogP contribution < -0.4 is 4.72 Å². The van der Waals surface area contributed by atoms with Crippen LogP contribution in [0.4, 0.5) is 0 Å². The van der Waals surface area contributed by atoms with Gasteiger partial charge in [0.1, 0.15) is 4.21 Å². The molecule has 0 aromatic carbocycles. The molecular weight excluding hydrogens is 298 g/mol. The maximum Gasteiger partial charge on any atom is 0.250 e. The number of halogens is 1. The van der Waals surface area contributed by atoms with E-state index in [0.29, 0.717) is 16.7 Å². The molecule has 1 aromatic heterocycles. The van der Waals surface area contributed by atoms with E-state index in [0.717, 1.165) is 10.2 Å². The first-order chi connectivity index (χ1) is 6.92. The predicted octanol–water partition coefficient (Wildman–Crippen LogP) is 2.84. The van der Waals surface area contributed by atoms with Crippen LogP contribution in [0.3, 0.4) is 0 Å². The van der Waals surface area contributed by atoms with Gasteiger partial charge in [-0.25, -0.2) is 13.1 Å². The Hall–Kier alpha value is 0.0900. The van der Waals surface area contributed by atoms with Gasteiger partial charge < -0.3 is 0 Å². The molecule has 15 heavy (non-hydrogen) atoms. The van der Waals surface area contributed by atoms with E-state index in [2.05, 4.69) is 34.5 Å². The van der Waals surface area contributed by atoms with Crippen LogP contribution in [0.1, 0.15) is 20.3 Å². The quantitative estimate of drug-likeness (QED) is 0.909. The summed E-state index contributed by atoms with van der Waals surface area (Å²) in [6.07, 6.45) is 0.853. The number of hydrogen-bond acceptors (Lipinski definition) is 3. The van der Waals surface area contributed by atoms with Gasteiger partial charge in [-0.1, -0.05) is 13.8 Å². The molecule has 0 aliphatic rings. The fourth-order valence-corrected chi connectivity index (χ4v) is 4.10. The molecule has 0 aliphatic carbocycles. The van der Waals surface area contributed by atoms with Gasteiger partial charge in [0.2, 0.25) is 10.0 Å². The molecule has 3 nitrogen and oxygen atoms in total. The highest BCUT2D eigenvalue weighted by Crippen LogP contribution is 2.25. The lowest BCUT2D eigenvalue weighted by atomic mass is 10.1. The third-order valence-electron chi connectivity index (χ3n) is 1.83. The van der Waals surface area contributed by atoms with Crippen LogP contribution in [-0.4, -0.2) is 15.0 Å². The SMILES string of the molecule is CC(C)CCNS(=O)(=O)c1ccc(Br)s1. The molecule has 1 heterocycles. The molecule has 0 radical (unpaired) electrons. The van der Waals surface area contributed by atoms with Gasteiger partial charge in [0.15, 0.2) is 0 Å². The summed E-state index contributed by atoms with van der Waals surface area (Å²) in [6.45, 7) is 4.63. The Balaban J connectivity index is 2.60. The van der Waals surface area contributed by atoms with E-state index in [1.165, 1.54) is 11.3 Å². The van der Waals surface area contributed by atoms with Crippen molar-refractivity contribution in [2.75, 3.05) is 6.54 Å². The second-order valence-corrected chi connectivity index (χ2v) is 8.10. The highest BCUT2D eigenvalue weighted by atomic mass is 79.9. The Kier molecular flexibility index (Phi) is 4.76. The third-order valence-corrected chi connectivity index (χ3v) is 5.40.